The summed E-state index contributed by atoms with van der Waals surface area (Å²) < 4.78 is 6.05. The van der Waals surface area contributed by atoms with Crippen LogP contribution < -0.4 is 15.9 Å². The third kappa shape index (κ3) is 7.27. The highest BCUT2D eigenvalue weighted by Gasteiger charge is 2.31. The summed E-state index contributed by atoms with van der Waals surface area (Å²) in [5, 5.41) is 21.5. The molecule has 7 heteroatoms. The van der Waals surface area contributed by atoms with Gasteiger partial charge in [0.1, 0.15) is 6.10 Å². The number of rotatable bonds is 12. The van der Waals surface area contributed by atoms with Gasteiger partial charge < -0.3 is 14.9 Å². The zero-order valence-electron chi connectivity index (χ0n) is 21.3. The van der Waals surface area contributed by atoms with Crippen LogP contribution in [-0.2, 0) is 14.3 Å². The number of hydrogen-bond acceptors (Lipinski definition) is 4. The Bertz CT molecular complexity index is 1140. The number of carboxylic acid groups (broad SMARTS) is 2. The van der Waals surface area contributed by atoms with Gasteiger partial charge in [0, 0.05) is 0 Å². The molecule has 0 saturated heterocycles. The van der Waals surface area contributed by atoms with Gasteiger partial charge in [0.05, 0.1) is 5.56 Å². The topological polar surface area (TPSA) is 101 Å². The first-order chi connectivity index (χ1) is 17.7. The molecule has 0 spiro atoms. The number of carbonyl (C=O) groups excluding carboxylic acids is 1. The fourth-order valence-corrected chi connectivity index (χ4v) is 6.90. The van der Waals surface area contributed by atoms with Crippen molar-refractivity contribution in [1.82, 2.24) is 0 Å². The molecule has 0 aromatic heterocycles. The first-order valence-electron chi connectivity index (χ1n) is 12.4. The molecule has 3 aromatic carbocycles. The number of esters is 1. The van der Waals surface area contributed by atoms with E-state index < -0.39 is 37.9 Å². The lowest BCUT2D eigenvalue weighted by molar-refractivity contribution is -0.155. The lowest BCUT2D eigenvalue weighted by Gasteiger charge is -2.29. The molecule has 2 atom stereocenters. The van der Waals surface area contributed by atoms with Crippen LogP contribution in [0.3, 0.4) is 0 Å². The molecule has 2 N–H and O–H groups in total. The Hall–Kier alpha value is -3.50. The van der Waals surface area contributed by atoms with Crippen molar-refractivity contribution in [1.29, 1.82) is 0 Å². The quantitative estimate of drug-likeness (QED) is 0.202. The number of ether oxygens (including phenoxy) is 1. The second-order valence-electron chi connectivity index (χ2n) is 9.42. The Morgan fingerprint density at radius 2 is 1.22 bits per heavy atom. The molecule has 3 rings (SSSR count). The van der Waals surface area contributed by atoms with E-state index >= 15 is 0 Å². The van der Waals surface area contributed by atoms with Gasteiger partial charge in [0.25, 0.3) is 0 Å². The van der Waals surface area contributed by atoms with E-state index in [2.05, 4.69) is 24.3 Å². The fraction of sp³-hybridized carbons (Fsp3) is 0.300. The number of carbonyl (C=O) groups is 3. The van der Waals surface area contributed by atoms with E-state index in [1.54, 1.807) is 6.07 Å². The fourth-order valence-electron chi connectivity index (χ4n) is 4.47. The largest absolute Gasteiger partial charge is 0.481 e. The molecule has 0 fully saturated rings. The van der Waals surface area contributed by atoms with Crippen molar-refractivity contribution in [3.63, 3.8) is 0 Å². The molecule has 0 bridgehead atoms. The maximum Gasteiger partial charge on any atom is 0.339 e. The van der Waals surface area contributed by atoms with Crippen LogP contribution in [0.25, 0.3) is 0 Å². The van der Waals surface area contributed by atoms with Crippen LogP contribution in [0.15, 0.2) is 84.9 Å². The van der Waals surface area contributed by atoms with Crippen molar-refractivity contribution < 1.29 is 29.3 Å². The van der Waals surface area contributed by atoms with E-state index in [9.17, 15) is 24.6 Å². The van der Waals surface area contributed by atoms with E-state index in [0.29, 0.717) is 12.0 Å². The lowest BCUT2D eigenvalue weighted by Crippen LogP contribution is -2.34. The van der Waals surface area contributed by atoms with Crippen LogP contribution in [0.4, 0.5) is 0 Å². The molecule has 37 heavy (non-hydrogen) atoms. The maximum atomic E-state index is 13.6. The van der Waals surface area contributed by atoms with E-state index in [1.165, 1.54) is 0 Å². The molecule has 6 nitrogen and oxygen atoms in total. The van der Waals surface area contributed by atoms with E-state index in [-0.39, 0.29) is 18.3 Å². The van der Waals surface area contributed by atoms with E-state index in [4.69, 9.17) is 4.74 Å². The molecule has 0 heterocycles. The third-order valence-electron chi connectivity index (χ3n) is 6.36. The number of carboxylic acids is 2. The van der Waals surface area contributed by atoms with Gasteiger partial charge in [-0.1, -0.05) is 99.6 Å². The predicted molar refractivity (Wildman–Crippen MR) is 146 cm³/mol. The summed E-state index contributed by atoms with van der Waals surface area (Å²) in [6, 6.07) is 27.7. The minimum atomic E-state index is -1.48. The number of hydrogen-bond donors (Lipinski definition) is 2. The van der Waals surface area contributed by atoms with Crippen molar-refractivity contribution in [3.8, 4) is 0 Å². The van der Waals surface area contributed by atoms with Gasteiger partial charge in [-0.05, 0) is 54.6 Å². The number of aliphatic carboxylic acids is 2. The van der Waals surface area contributed by atoms with Crippen LogP contribution in [0.5, 0.6) is 0 Å². The zero-order chi connectivity index (χ0) is 26.9. The van der Waals surface area contributed by atoms with E-state index in [1.807, 2.05) is 75.4 Å². The third-order valence-corrected chi connectivity index (χ3v) is 8.86. The summed E-state index contributed by atoms with van der Waals surface area (Å²) in [6.07, 6.45) is -0.221. The Morgan fingerprint density at radius 3 is 1.70 bits per heavy atom. The van der Waals surface area contributed by atoms with Gasteiger partial charge in [-0.2, -0.15) is 0 Å². The molecule has 194 valence electrons. The van der Waals surface area contributed by atoms with Crippen LogP contribution in [0, 0.1) is 17.8 Å². The highest BCUT2D eigenvalue weighted by atomic mass is 31.1. The molecular formula is C30H33O6P. The second kappa shape index (κ2) is 13.2. The normalized spacial score (nSPS) is 12.9. The monoisotopic (exact) mass is 520 g/mol. The van der Waals surface area contributed by atoms with Crippen molar-refractivity contribution in [2.75, 3.05) is 0 Å². The average molecular weight is 521 g/mol. The highest BCUT2D eigenvalue weighted by molar-refractivity contribution is 7.80. The Balaban J connectivity index is 1.90. The lowest BCUT2D eigenvalue weighted by atomic mass is 9.88. The summed E-state index contributed by atoms with van der Waals surface area (Å²) >= 11 is 0. The van der Waals surface area contributed by atoms with Gasteiger partial charge in [-0.25, -0.2) is 4.79 Å². The van der Waals surface area contributed by atoms with Crippen LogP contribution in [0.1, 0.15) is 44.0 Å². The van der Waals surface area contributed by atoms with Crippen molar-refractivity contribution >= 4 is 41.7 Å². The molecule has 0 unspecified atom stereocenters. The highest BCUT2D eigenvalue weighted by Crippen LogP contribution is 2.34. The van der Waals surface area contributed by atoms with Crippen LogP contribution in [0.2, 0.25) is 0 Å². The summed E-state index contributed by atoms with van der Waals surface area (Å²) in [4.78, 5) is 36.2. The summed E-state index contributed by atoms with van der Waals surface area (Å²) in [5.74, 6) is -4.89. The molecular weight excluding hydrogens is 487 g/mol. The Morgan fingerprint density at radius 1 is 0.730 bits per heavy atom. The van der Waals surface area contributed by atoms with Gasteiger partial charge in [-0.15, -0.1) is 0 Å². The van der Waals surface area contributed by atoms with Gasteiger partial charge in [-0.3, -0.25) is 9.59 Å². The maximum absolute atomic E-state index is 13.6. The molecule has 0 radical (unpaired) electrons. The SMILES string of the molecule is CC(C)[C@H](OC(=O)c1ccccc1P(c1ccccc1)c1ccccc1)[C@@H](C)CCC(C(=O)O)C(=O)O. The van der Waals surface area contributed by atoms with Crippen molar-refractivity contribution in [2.45, 2.75) is 39.7 Å². The standard InChI is InChI=1S/C30H33O6P/c1-20(2)27(21(3)18-19-25(28(31)32)29(33)34)36-30(35)24-16-10-11-17-26(24)37(22-12-6-4-7-13-22)23-14-8-5-9-15-23/h4-17,20-21,25,27H,18-19H2,1-3H3,(H,31,32)(H,33,34)/t21-,27-/m0/s1. The van der Waals surface area contributed by atoms with Gasteiger partial charge >= 0.3 is 17.9 Å². The molecule has 0 saturated carbocycles. The van der Waals surface area contributed by atoms with Crippen LogP contribution >= 0.6 is 7.92 Å². The zero-order valence-corrected chi connectivity index (χ0v) is 22.2. The van der Waals surface area contributed by atoms with E-state index in [0.717, 1.165) is 15.9 Å². The number of benzene rings is 3. The van der Waals surface area contributed by atoms with Crippen molar-refractivity contribution in [3.05, 3.63) is 90.5 Å². The molecule has 0 aliphatic rings. The minimum absolute atomic E-state index is 0.0312. The Kier molecular flexibility index (Phi) is 9.99. The summed E-state index contributed by atoms with van der Waals surface area (Å²) in [5.41, 5.74) is 0.494. The molecule has 3 aromatic rings. The minimum Gasteiger partial charge on any atom is -0.481 e. The smallest absolute Gasteiger partial charge is 0.339 e. The first-order valence-corrected chi connectivity index (χ1v) is 13.7. The van der Waals surface area contributed by atoms with Gasteiger partial charge in [0.2, 0.25) is 0 Å². The summed E-state index contributed by atoms with van der Waals surface area (Å²) in [7, 11) is -1.02. The second-order valence-corrected chi connectivity index (χ2v) is 11.6. The summed E-state index contributed by atoms with van der Waals surface area (Å²) in [6.45, 7) is 5.74. The van der Waals surface area contributed by atoms with Crippen LogP contribution in [-0.4, -0.2) is 34.2 Å². The Labute approximate surface area is 219 Å². The molecule has 0 aliphatic carbocycles. The average Bonchev–Trinajstić information content (AvgIpc) is 2.88. The molecule has 0 amide bonds. The van der Waals surface area contributed by atoms with Crippen molar-refractivity contribution in [2.24, 2.45) is 17.8 Å². The predicted octanol–water partition coefficient (Wildman–Crippen LogP) is 4.83. The first kappa shape index (κ1) is 28.1. The van der Waals surface area contributed by atoms with Gasteiger partial charge in [0.15, 0.2) is 5.92 Å². The molecule has 0 aliphatic heterocycles.